The number of amides is 2. The van der Waals surface area contributed by atoms with Crippen LogP contribution in [0.5, 0.6) is 5.75 Å². The van der Waals surface area contributed by atoms with E-state index in [-0.39, 0.29) is 12.5 Å². The van der Waals surface area contributed by atoms with Crippen LogP contribution in [0, 0.1) is 6.92 Å². The van der Waals surface area contributed by atoms with E-state index in [0.717, 1.165) is 21.7 Å². The third-order valence-electron chi connectivity index (χ3n) is 4.87. The maximum absolute atomic E-state index is 13.3. The summed E-state index contributed by atoms with van der Waals surface area (Å²) in [4.78, 5) is 27.0. The minimum absolute atomic E-state index is 0.121. The number of anilines is 1. The largest absolute Gasteiger partial charge is 0.497 e. The summed E-state index contributed by atoms with van der Waals surface area (Å²) in [6, 6.07) is 13.3. The first kappa shape index (κ1) is 24.2. The van der Waals surface area contributed by atoms with E-state index in [1.54, 1.807) is 50.4 Å². The highest BCUT2D eigenvalue weighted by atomic mass is 32.2. The Morgan fingerprint density at radius 3 is 2.39 bits per heavy atom. The molecule has 1 unspecified atom stereocenters. The average Bonchev–Trinajstić information content (AvgIpc) is 2.73. The van der Waals surface area contributed by atoms with Gasteiger partial charge in [0.05, 0.1) is 19.1 Å². The van der Waals surface area contributed by atoms with Gasteiger partial charge in [0, 0.05) is 13.6 Å². The minimum Gasteiger partial charge on any atom is -0.497 e. The predicted octanol–water partition coefficient (Wildman–Crippen LogP) is 1.93. The number of hydrogen-bond acceptors (Lipinski definition) is 5. The summed E-state index contributed by atoms with van der Waals surface area (Å²) in [6.07, 6.45) is 1.05. The molecule has 1 N–H and O–H groups in total. The van der Waals surface area contributed by atoms with Crippen molar-refractivity contribution < 1.29 is 22.7 Å². The molecule has 0 spiro atoms. The monoisotopic (exact) mass is 447 g/mol. The third-order valence-corrected chi connectivity index (χ3v) is 6.01. The molecule has 2 aromatic carbocycles. The maximum atomic E-state index is 13.3. The number of likely N-dealkylation sites (N-methyl/N-ethyl adjacent to an activating group) is 1. The van der Waals surface area contributed by atoms with Crippen LogP contribution >= 0.6 is 0 Å². The fourth-order valence-corrected chi connectivity index (χ4v) is 4.00. The molecule has 168 valence electrons. The number of benzene rings is 2. The molecule has 0 aliphatic carbocycles. The SMILES string of the molecule is CNC(=O)C(C)N(Cc1cccc(OC)c1)C(=O)CN(c1cccc(C)c1)S(C)(=O)=O. The number of carbonyl (C=O) groups is 2. The Morgan fingerprint density at radius 2 is 1.81 bits per heavy atom. The van der Waals surface area contributed by atoms with Gasteiger partial charge >= 0.3 is 0 Å². The van der Waals surface area contributed by atoms with Crippen LogP contribution in [0.1, 0.15) is 18.1 Å². The molecular weight excluding hydrogens is 418 g/mol. The standard InChI is InChI=1S/C22H29N3O5S/c1-16-8-6-10-19(12-16)25(31(5,28)29)15-21(26)24(17(2)22(27)23-3)14-18-9-7-11-20(13-18)30-4/h6-13,17H,14-15H2,1-5H3,(H,23,27). The average molecular weight is 448 g/mol. The lowest BCUT2D eigenvalue weighted by Crippen LogP contribution is -2.50. The highest BCUT2D eigenvalue weighted by Crippen LogP contribution is 2.21. The van der Waals surface area contributed by atoms with Crippen LogP contribution in [0.15, 0.2) is 48.5 Å². The van der Waals surface area contributed by atoms with Gasteiger partial charge in [-0.3, -0.25) is 13.9 Å². The Morgan fingerprint density at radius 1 is 1.13 bits per heavy atom. The fraction of sp³-hybridized carbons (Fsp3) is 0.364. The van der Waals surface area contributed by atoms with E-state index < -0.39 is 28.5 Å². The van der Waals surface area contributed by atoms with E-state index in [0.29, 0.717) is 11.4 Å². The number of ether oxygens (including phenoxy) is 1. The molecule has 2 rings (SSSR count). The number of methoxy groups -OCH3 is 1. The van der Waals surface area contributed by atoms with Crippen LogP contribution in [0.2, 0.25) is 0 Å². The van der Waals surface area contributed by atoms with Crippen LogP contribution in [-0.4, -0.2) is 58.1 Å². The van der Waals surface area contributed by atoms with E-state index in [4.69, 9.17) is 4.74 Å². The molecule has 0 aliphatic rings. The molecule has 0 saturated carbocycles. The van der Waals surface area contributed by atoms with Gasteiger partial charge in [-0.2, -0.15) is 0 Å². The third kappa shape index (κ3) is 6.45. The number of carbonyl (C=O) groups excluding carboxylic acids is 2. The molecule has 0 radical (unpaired) electrons. The number of nitrogens with one attached hydrogen (secondary N) is 1. The lowest BCUT2D eigenvalue weighted by Gasteiger charge is -2.31. The molecule has 0 saturated heterocycles. The normalized spacial score (nSPS) is 12.0. The Balaban J connectivity index is 2.39. The molecule has 0 bridgehead atoms. The van der Waals surface area contributed by atoms with Crippen molar-refractivity contribution in [1.29, 1.82) is 0 Å². The first-order valence-electron chi connectivity index (χ1n) is 9.75. The molecular formula is C22H29N3O5S. The van der Waals surface area contributed by atoms with Gasteiger partial charge in [-0.25, -0.2) is 8.42 Å². The highest BCUT2D eigenvalue weighted by molar-refractivity contribution is 7.92. The van der Waals surface area contributed by atoms with Gasteiger partial charge < -0.3 is 15.0 Å². The Kier molecular flexibility index (Phi) is 8.04. The molecule has 0 aromatic heterocycles. The molecule has 9 heteroatoms. The van der Waals surface area contributed by atoms with Crippen molar-refractivity contribution in [2.45, 2.75) is 26.4 Å². The van der Waals surface area contributed by atoms with Crippen molar-refractivity contribution in [2.75, 3.05) is 31.3 Å². The van der Waals surface area contributed by atoms with Gasteiger partial charge in [0.1, 0.15) is 18.3 Å². The summed E-state index contributed by atoms with van der Waals surface area (Å²) in [5, 5.41) is 2.54. The van der Waals surface area contributed by atoms with Crippen molar-refractivity contribution in [3.05, 3.63) is 59.7 Å². The quantitative estimate of drug-likeness (QED) is 0.634. The van der Waals surface area contributed by atoms with E-state index in [2.05, 4.69) is 5.32 Å². The van der Waals surface area contributed by atoms with E-state index in [9.17, 15) is 18.0 Å². The zero-order valence-corrected chi connectivity index (χ0v) is 19.3. The Hall–Kier alpha value is -3.07. The van der Waals surface area contributed by atoms with Gasteiger partial charge in [-0.1, -0.05) is 24.3 Å². The van der Waals surface area contributed by atoms with Crippen LogP contribution in [-0.2, 0) is 26.2 Å². The molecule has 0 aliphatic heterocycles. The summed E-state index contributed by atoms with van der Waals surface area (Å²) in [5.41, 5.74) is 2.01. The van der Waals surface area contributed by atoms with Gasteiger partial charge in [0.2, 0.25) is 21.8 Å². The lowest BCUT2D eigenvalue weighted by atomic mass is 10.1. The molecule has 1 atom stereocenters. The molecule has 2 aromatic rings. The maximum Gasteiger partial charge on any atom is 0.244 e. The van der Waals surface area contributed by atoms with Crippen molar-refractivity contribution in [2.24, 2.45) is 0 Å². The first-order chi connectivity index (χ1) is 14.6. The lowest BCUT2D eigenvalue weighted by molar-refractivity contribution is -0.139. The molecule has 31 heavy (non-hydrogen) atoms. The highest BCUT2D eigenvalue weighted by Gasteiger charge is 2.29. The predicted molar refractivity (Wildman–Crippen MR) is 120 cm³/mol. The number of rotatable bonds is 9. The summed E-state index contributed by atoms with van der Waals surface area (Å²) >= 11 is 0. The summed E-state index contributed by atoms with van der Waals surface area (Å²) in [5.74, 6) is -0.224. The summed E-state index contributed by atoms with van der Waals surface area (Å²) in [7, 11) is -0.702. The van der Waals surface area contributed by atoms with E-state index in [1.165, 1.54) is 11.9 Å². The zero-order valence-electron chi connectivity index (χ0n) is 18.5. The molecule has 0 heterocycles. The van der Waals surface area contributed by atoms with Crippen LogP contribution < -0.4 is 14.4 Å². The molecule has 2 amide bonds. The summed E-state index contributed by atoms with van der Waals surface area (Å²) in [6.45, 7) is 3.15. The number of aryl methyl sites for hydroxylation is 1. The van der Waals surface area contributed by atoms with E-state index in [1.807, 2.05) is 19.1 Å². The summed E-state index contributed by atoms with van der Waals surface area (Å²) < 4.78 is 31.2. The fourth-order valence-electron chi connectivity index (χ4n) is 3.16. The smallest absolute Gasteiger partial charge is 0.244 e. The number of hydrogen-bond donors (Lipinski definition) is 1. The first-order valence-corrected chi connectivity index (χ1v) is 11.6. The second-order valence-electron chi connectivity index (χ2n) is 7.27. The topological polar surface area (TPSA) is 96.0 Å². The van der Waals surface area contributed by atoms with Gasteiger partial charge in [-0.05, 0) is 49.2 Å². The second kappa shape index (κ2) is 10.3. The number of nitrogens with zero attached hydrogens (tertiary/aromatic N) is 2. The van der Waals surface area contributed by atoms with Crippen molar-refractivity contribution in [1.82, 2.24) is 10.2 Å². The molecule has 0 fully saturated rings. The van der Waals surface area contributed by atoms with Crippen LogP contribution in [0.3, 0.4) is 0 Å². The van der Waals surface area contributed by atoms with Gasteiger partial charge in [0.15, 0.2) is 0 Å². The second-order valence-corrected chi connectivity index (χ2v) is 9.18. The van der Waals surface area contributed by atoms with Crippen LogP contribution in [0.25, 0.3) is 0 Å². The van der Waals surface area contributed by atoms with Crippen molar-refractivity contribution >= 4 is 27.5 Å². The van der Waals surface area contributed by atoms with Crippen LogP contribution in [0.4, 0.5) is 5.69 Å². The number of sulfonamides is 1. The molecule has 8 nitrogen and oxygen atoms in total. The Bertz CT molecular complexity index is 1040. The van der Waals surface area contributed by atoms with E-state index >= 15 is 0 Å². The van der Waals surface area contributed by atoms with Crippen molar-refractivity contribution in [3.8, 4) is 5.75 Å². The van der Waals surface area contributed by atoms with Gasteiger partial charge in [0.25, 0.3) is 0 Å². The zero-order chi connectivity index (χ0) is 23.2. The van der Waals surface area contributed by atoms with Crippen molar-refractivity contribution in [3.63, 3.8) is 0 Å². The van der Waals surface area contributed by atoms with Gasteiger partial charge in [-0.15, -0.1) is 0 Å². The Labute approximate surface area is 183 Å². The minimum atomic E-state index is -3.73.